The molecule has 1 fully saturated rings. The second-order valence-electron chi connectivity index (χ2n) is 11.8. The van der Waals surface area contributed by atoms with Crippen molar-refractivity contribution in [3.05, 3.63) is 120 Å². The molecule has 5 aromatic rings. The Bertz CT molecular complexity index is 1580. The van der Waals surface area contributed by atoms with Crippen molar-refractivity contribution in [3.63, 3.8) is 0 Å². The first-order chi connectivity index (χ1) is 20.5. The molecule has 0 radical (unpaired) electrons. The second-order valence-corrected chi connectivity index (χ2v) is 11.8. The first-order valence-corrected chi connectivity index (χ1v) is 15.0. The van der Waals surface area contributed by atoms with E-state index in [2.05, 4.69) is 126 Å². The largest absolute Gasteiger partial charge is 0.345 e. The summed E-state index contributed by atoms with van der Waals surface area (Å²) in [6, 6.07) is 33.6. The monoisotopic (exact) mass is 560 g/mol. The summed E-state index contributed by atoms with van der Waals surface area (Å²) in [5, 5.41) is 4.60. The van der Waals surface area contributed by atoms with Gasteiger partial charge in [0.15, 0.2) is 5.82 Å². The fourth-order valence-corrected chi connectivity index (χ4v) is 5.91. The Kier molecular flexibility index (Phi) is 8.36. The van der Waals surface area contributed by atoms with Gasteiger partial charge in [-0.25, -0.2) is 4.98 Å². The van der Waals surface area contributed by atoms with Crippen molar-refractivity contribution in [2.45, 2.75) is 59.4 Å². The zero-order chi connectivity index (χ0) is 28.9. The van der Waals surface area contributed by atoms with Gasteiger partial charge in [-0.2, -0.15) is 5.10 Å². The normalized spacial score (nSPS) is 18.8. The number of benzene rings is 3. The van der Waals surface area contributed by atoms with E-state index >= 15 is 0 Å². The van der Waals surface area contributed by atoms with Gasteiger partial charge >= 0.3 is 0 Å². The number of unbranched alkanes of at least 4 members (excludes halogenated alkanes) is 1. The highest BCUT2D eigenvalue weighted by Gasteiger charge is 2.36. The molecule has 6 heteroatoms. The van der Waals surface area contributed by atoms with E-state index in [1.165, 1.54) is 11.3 Å². The number of ether oxygens (including phenoxy) is 2. The molecule has 216 valence electrons. The number of nitrogens with zero attached hydrogens (tertiary/aromatic N) is 4. The minimum atomic E-state index is -0.531. The van der Waals surface area contributed by atoms with Crippen LogP contribution in [0.25, 0.3) is 22.5 Å². The van der Waals surface area contributed by atoms with Gasteiger partial charge in [0.1, 0.15) is 0 Å². The molecule has 1 aliphatic rings. The van der Waals surface area contributed by atoms with Crippen molar-refractivity contribution in [1.82, 2.24) is 19.3 Å². The lowest BCUT2D eigenvalue weighted by atomic mass is 9.86. The molecule has 0 aliphatic carbocycles. The van der Waals surface area contributed by atoms with Crippen LogP contribution in [0.5, 0.6) is 0 Å². The first-order valence-electron chi connectivity index (χ1n) is 15.0. The van der Waals surface area contributed by atoms with Gasteiger partial charge in [-0.05, 0) is 38.3 Å². The standard InChI is InChI=1S/C36H40N4O2/c1-27-23-28(2)40(38-27)22-14-13-21-36(3)25-41-35(42-26-36)34-37-32(30-17-9-5-10-18-30)33(31-19-11-6-12-20-31)39(34)24-29-15-7-4-8-16-29/h4-12,15-20,23,35H,13-14,21-22,24-26H2,1-3H3/t35-,36+. The van der Waals surface area contributed by atoms with Crippen molar-refractivity contribution >= 4 is 0 Å². The van der Waals surface area contributed by atoms with Crippen LogP contribution < -0.4 is 0 Å². The quantitative estimate of drug-likeness (QED) is 0.162. The number of aryl methyl sites for hydroxylation is 3. The van der Waals surface area contributed by atoms with E-state index in [0.717, 1.165) is 59.8 Å². The minimum absolute atomic E-state index is 0.0348. The molecule has 0 N–H and O–H groups in total. The third-order valence-electron chi connectivity index (χ3n) is 8.16. The van der Waals surface area contributed by atoms with Crippen LogP contribution in [0.2, 0.25) is 0 Å². The smallest absolute Gasteiger partial charge is 0.217 e. The molecule has 0 unspecified atom stereocenters. The number of rotatable bonds is 10. The highest BCUT2D eigenvalue weighted by molar-refractivity contribution is 5.79. The summed E-state index contributed by atoms with van der Waals surface area (Å²) >= 11 is 0. The van der Waals surface area contributed by atoms with Gasteiger partial charge in [0, 0.05) is 35.3 Å². The third kappa shape index (κ3) is 6.25. The van der Waals surface area contributed by atoms with Gasteiger partial charge < -0.3 is 14.0 Å². The molecule has 42 heavy (non-hydrogen) atoms. The Balaban J connectivity index is 1.25. The summed E-state index contributed by atoms with van der Waals surface area (Å²) in [5.41, 5.74) is 7.69. The van der Waals surface area contributed by atoms with Gasteiger partial charge in [-0.1, -0.05) is 104 Å². The van der Waals surface area contributed by atoms with Crippen molar-refractivity contribution < 1.29 is 9.47 Å². The summed E-state index contributed by atoms with van der Waals surface area (Å²) in [6.45, 7) is 9.34. The van der Waals surface area contributed by atoms with Crippen LogP contribution in [0.15, 0.2) is 97.1 Å². The van der Waals surface area contributed by atoms with E-state index in [4.69, 9.17) is 14.5 Å². The molecule has 6 rings (SSSR count). The lowest BCUT2D eigenvalue weighted by Crippen LogP contribution is -2.37. The van der Waals surface area contributed by atoms with E-state index < -0.39 is 6.29 Å². The Morgan fingerprint density at radius 2 is 1.43 bits per heavy atom. The second kappa shape index (κ2) is 12.5. The van der Waals surface area contributed by atoms with Gasteiger partial charge in [0.05, 0.1) is 30.3 Å². The molecule has 6 nitrogen and oxygen atoms in total. The van der Waals surface area contributed by atoms with E-state index in [9.17, 15) is 0 Å². The molecular formula is C36H40N4O2. The van der Waals surface area contributed by atoms with E-state index in [-0.39, 0.29) is 5.41 Å². The van der Waals surface area contributed by atoms with Crippen LogP contribution in [0.3, 0.4) is 0 Å². The summed E-state index contributed by atoms with van der Waals surface area (Å²) in [5.74, 6) is 0.808. The van der Waals surface area contributed by atoms with Crippen LogP contribution in [-0.4, -0.2) is 32.5 Å². The lowest BCUT2D eigenvalue weighted by Gasteiger charge is -2.37. The molecule has 0 bridgehead atoms. The average Bonchev–Trinajstić information content (AvgIpc) is 3.55. The summed E-state index contributed by atoms with van der Waals surface area (Å²) in [4.78, 5) is 5.25. The molecule has 2 aromatic heterocycles. The summed E-state index contributed by atoms with van der Waals surface area (Å²) in [7, 11) is 0. The fourth-order valence-electron chi connectivity index (χ4n) is 5.91. The number of hydrogen-bond acceptors (Lipinski definition) is 4. The number of imidazole rings is 1. The number of hydrogen-bond donors (Lipinski definition) is 0. The summed E-state index contributed by atoms with van der Waals surface area (Å²) < 4.78 is 17.4. The van der Waals surface area contributed by atoms with Gasteiger partial charge in [-0.15, -0.1) is 0 Å². The Labute approximate surface area is 249 Å². The lowest BCUT2D eigenvalue weighted by molar-refractivity contribution is -0.236. The Hall–Kier alpha value is -4.00. The van der Waals surface area contributed by atoms with Crippen molar-refractivity contribution in [3.8, 4) is 22.5 Å². The van der Waals surface area contributed by atoms with Crippen LogP contribution in [-0.2, 0) is 22.6 Å². The van der Waals surface area contributed by atoms with Crippen molar-refractivity contribution in [2.24, 2.45) is 5.41 Å². The van der Waals surface area contributed by atoms with E-state index in [1.54, 1.807) is 0 Å². The maximum Gasteiger partial charge on any atom is 0.217 e. The van der Waals surface area contributed by atoms with Crippen molar-refractivity contribution in [1.29, 1.82) is 0 Å². The minimum Gasteiger partial charge on any atom is -0.345 e. The molecule has 0 spiro atoms. The third-order valence-corrected chi connectivity index (χ3v) is 8.16. The van der Waals surface area contributed by atoms with Gasteiger partial charge in [0.2, 0.25) is 6.29 Å². The molecule has 3 aromatic carbocycles. The van der Waals surface area contributed by atoms with Crippen LogP contribution in [0, 0.1) is 19.3 Å². The Morgan fingerprint density at radius 3 is 2.05 bits per heavy atom. The average molecular weight is 561 g/mol. The highest BCUT2D eigenvalue weighted by atomic mass is 16.7. The topological polar surface area (TPSA) is 54.1 Å². The molecule has 3 heterocycles. The molecule has 1 saturated heterocycles. The summed E-state index contributed by atoms with van der Waals surface area (Å²) in [6.07, 6.45) is 2.70. The van der Waals surface area contributed by atoms with Crippen molar-refractivity contribution in [2.75, 3.05) is 13.2 Å². The number of aromatic nitrogens is 4. The SMILES string of the molecule is Cc1cc(C)n(CCCC[C@]2(C)CO[C@H](c3nc(-c4ccccc4)c(-c4ccccc4)n3Cc3ccccc3)OC2)n1. The molecule has 0 atom stereocenters. The van der Waals surface area contributed by atoms with E-state index in [0.29, 0.717) is 19.8 Å². The zero-order valence-corrected chi connectivity index (χ0v) is 24.9. The maximum absolute atomic E-state index is 6.51. The molecule has 1 aliphatic heterocycles. The van der Waals surface area contributed by atoms with Gasteiger partial charge in [0.25, 0.3) is 0 Å². The molecule has 0 amide bonds. The Morgan fingerprint density at radius 1 is 0.810 bits per heavy atom. The fraction of sp³-hybridized carbons (Fsp3) is 0.333. The maximum atomic E-state index is 6.51. The predicted octanol–water partition coefficient (Wildman–Crippen LogP) is 8.00. The van der Waals surface area contributed by atoms with E-state index in [1.807, 2.05) is 6.07 Å². The molecular weight excluding hydrogens is 520 g/mol. The van der Waals surface area contributed by atoms with Gasteiger partial charge in [-0.3, -0.25) is 4.68 Å². The predicted molar refractivity (Wildman–Crippen MR) is 167 cm³/mol. The molecule has 0 saturated carbocycles. The first kappa shape index (κ1) is 28.1. The van der Waals surface area contributed by atoms with Crippen LogP contribution in [0.4, 0.5) is 0 Å². The highest BCUT2D eigenvalue weighted by Crippen LogP contribution is 2.40. The van der Waals surface area contributed by atoms with Crippen LogP contribution in [0.1, 0.15) is 55.3 Å². The van der Waals surface area contributed by atoms with Crippen LogP contribution >= 0.6 is 0 Å². The zero-order valence-electron chi connectivity index (χ0n) is 24.9.